The summed E-state index contributed by atoms with van der Waals surface area (Å²) in [5.41, 5.74) is 4.50. The Labute approximate surface area is 423 Å². The van der Waals surface area contributed by atoms with Crippen LogP contribution in [0.1, 0.15) is 61.9 Å². The maximum absolute atomic E-state index is 12.3. The monoisotopic (exact) mass is 1080 g/mol. The minimum atomic E-state index is -1.83. The van der Waals surface area contributed by atoms with E-state index in [0.29, 0.717) is 30.2 Å². The molecule has 2 aliphatic heterocycles. The summed E-state index contributed by atoms with van der Waals surface area (Å²) in [4.78, 5) is 12.3. The number of rotatable bonds is 16. The molecule has 9 atom stereocenters. The number of hydrogen-bond acceptors (Lipinski definition) is 12. The molecule has 6 rings (SSSR count). The van der Waals surface area contributed by atoms with Crippen molar-refractivity contribution < 1.29 is 57.8 Å². The van der Waals surface area contributed by atoms with E-state index in [2.05, 4.69) is 80.3 Å². The molecule has 17 heteroatoms. The topological polar surface area (TPSA) is 163 Å². The molecule has 4 N–H and O–H groups in total. The number of ether oxygens (including phenoxy) is 5. The minimum Gasteiger partial charge on any atom is -0.494 e. The summed E-state index contributed by atoms with van der Waals surface area (Å²) >= 11 is 16.0. The van der Waals surface area contributed by atoms with Crippen LogP contribution in [0.25, 0.3) is 0 Å². The van der Waals surface area contributed by atoms with Gasteiger partial charge in [0.1, 0.15) is 42.0 Å². The van der Waals surface area contributed by atoms with Crippen molar-refractivity contribution in [1.82, 2.24) is 0 Å². The van der Waals surface area contributed by atoms with Crippen LogP contribution < -0.4 is 9.47 Å². The number of aliphatic hydroxyl groups excluding tert-OH is 4. The lowest BCUT2D eigenvalue weighted by Crippen LogP contribution is -2.64. The second-order valence-electron chi connectivity index (χ2n) is 18.8. The number of carbonyl (C=O) groups excluding carboxylic acids is 1. The van der Waals surface area contributed by atoms with E-state index in [1.54, 1.807) is 18.2 Å². The van der Waals surface area contributed by atoms with Crippen LogP contribution in [-0.4, -0.2) is 113 Å². The Hall–Kier alpha value is -2.88. The van der Waals surface area contributed by atoms with Crippen molar-refractivity contribution >= 4 is 61.7 Å². The zero-order valence-corrected chi connectivity index (χ0v) is 46.2. The van der Waals surface area contributed by atoms with Crippen molar-refractivity contribution in [2.75, 3.05) is 26.9 Å². The van der Waals surface area contributed by atoms with Gasteiger partial charge in [-0.25, -0.2) is 4.79 Å². The quantitative estimate of drug-likeness (QED) is 0.0622. The zero-order valence-electron chi connectivity index (χ0n) is 41.1. The Morgan fingerprint density at radius 1 is 0.706 bits per heavy atom. The molecule has 2 fully saturated rings. The van der Waals surface area contributed by atoms with Gasteiger partial charge in [0, 0.05) is 33.1 Å². The van der Waals surface area contributed by atoms with Gasteiger partial charge in [-0.1, -0.05) is 83.3 Å². The van der Waals surface area contributed by atoms with Crippen LogP contribution in [0.3, 0.4) is 0 Å². The Bertz CT molecular complexity index is 2190. The molecule has 1 unspecified atom stereocenters. The van der Waals surface area contributed by atoms with Crippen LogP contribution >= 0.6 is 39.1 Å². The van der Waals surface area contributed by atoms with Gasteiger partial charge in [-0.2, -0.15) is 0 Å². The normalized spacial score (nSPS) is 25.0. The first-order valence-corrected chi connectivity index (χ1v) is 31.5. The fourth-order valence-electron chi connectivity index (χ4n) is 7.93. The zero-order chi connectivity index (χ0) is 50.6. The molecule has 0 aromatic heterocycles. The predicted molar refractivity (Wildman–Crippen MR) is 276 cm³/mol. The van der Waals surface area contributed by atoms with Gasteiger partial charge in [0.25, 0.3) is 0 Å². The summed E-state index contributed by atoms with van der Waals surface area (Å²) in [6, 6.07) is 26.7. The summed E-state index contributed by atoms with van der Waals surface area (Å²) in [7, 11) is -2.26. The second kappa shape index (κ2) is 26.0. The molecule has 0 aliphatic carbocycles. The van der Waals surface area contributed by atoms with Crippen LogP contribution in [0.5, 0.6) is 11.5 Å². The predicted octanol–water partition coefficient (Wildman–Crippen LogP) is 10.1. The summed E-state index contributed by atoms with van der Waals surface area (Å²) in [5, 5.41) is 41.9. The van der Waals surface area contributed by atoms with E-state index in [4.69, 9.17) is 55.7 Å². The van der Waals surface area contributed by atoms with Gasteiger partial charge in [-0.15, -0.1) is 0 Å². The standard InChI is InChI=1S/C22H27ClO7.C15H14BrClO.C14H30O4Si2/c1-3-29-16-7-4-13(5-8-16)10-14-11-15(6-9-17(14)23)22(28-2)21(27)20(26)19(25)18(12-24)30-22;1-2-18-14-6-3-11(4-7-14)9-12-10-13(16)5-8-15(12)17;1-9-11-10(2)12(17-19(3,4)5)13(14(15)16-11)18-20(6,7)8/h4-9,11,18-21,24-27H,3,10,12H2,1-2H3;3-8,10H,2,9H2,1H3;10-13H,9H2,1-8H3/t18-,19-,20+,21-,22?;;10-,11-,12+,13-/m1.1/s1. The van der Waals surface area contributed by atoms with Crippen molar-refractivity contribution in [3.05, 3.63) is 127 Å². The molecular formula is C51H71BrCl2O12Si2. The number of halogens is 3. The minimum absolute atomic E-state index is 0.0645. The van der Waals surface area contributed by atoms with E-state index in [-0.39, 0.29) is 24.1 Å². The van der Waals surface area contributed by atoms with Gasteiger partial charge in [0.15, 0.2) is 22.7 Å². The first-order chi connectivity index (χ1) is 32.0. The molecule has 68 heavy (non-hydrogen) atoms. The highest BCUT2D eigenvalue weighted by molar-refractivity contribution is 9.10. The average Bonchev–Trinajstić information content (AvgIpc) is 3.29. The van der Waals surface area contributed by atoms with Gasteiger partial charge in [-0.3, -0.25) is 0 Å². The third-order valence-electron chi connectivity index (χ3n) is 11.2. The van der Waals surface area contributed by atoms with Crippen LogP contribution in [0.15, 0.2) is 89.4 Å². The number of benzene rings is 4. The van der Waals surface area contributed by atoms with E-state index in [1.807, 2.05) is 69.3 Å². The lowest BCUT2D eigenvalue weighted by molar-refractivity contribution is -0.366. The lowest BCUT2D eigenvalue weighted by atomic mass is 9.87. The first kappa shape index (κ1) is 57.7. The molecule has 0 bridgehead atoms. The molecule has 2 saturated heterocycles. The molecule has 4 aromatic carbocycles. The molecule has 0 amide bonds. The molecule has 12 nitrogen and oxygen atoms in total. The van der Waals surface area contributed by atoms with Gasteiger partial charge >= 0.3 is 5.97 Å². The molecule has 2 aliphatic rings. The first-order valence-electron chi connectivity index (χ1n) is 23.1. The Balaban J connectivity index is 0.000000233. The summed E-state index contributed by atoms with van der Waals surface area (Å²) in [6.45, 7) is 21.5. The lowest BCUT2D eigenvalue weighted by Gasteiger charge is -2.47. The van der Waals surface area contributed by atoms with Crippen molar-refractivity contribution in [3.8, 4) is 11.5 Å². The fourth-order valence-corrected chi connectivity index (χ4v) is 10.9. The average molecular weight is 1080 g/mol. The molecule has 376 valence electrons. The summed E-state index contributed by atoms with van der Waals surface area (Å²) in [6.07, 6.45) is -4.40. The third-order valence-corrected chi connectivity index (χ3v) is 14.4. The number of carbonyl (C=O) groups is 1. The van der Waals surface area contributed by atoms with Crippen LogP contribution in [0.4, 0.5) is 0 Å². The van der Waals surface area contributed by atoms with Crippen LogP contribution in [-0.2, 0) is 46.5 Å². The molecule has 0 radical (unpaired) electrons. The molecule has 2 heterocycles. The third kappa shape index (κ3) is 16.1. The highest BCUT2D eigenvalue weighted by Crippen LogP contribution is 2.41. The summed E-state index contributed by atoms with van der Waals surface area (Å²) < 4.78 is 41.1. The Morgan fingerprint density at radius 2 is 1.21 bits per heavy atom. The largest absolute Gasteiger partial charge is 0.494 e. The van der Waals surface area contributed by atoms with Crippen molar-refractivity contribution in [3.63, 3.8) is 0 Å². The van der Waals surface area contributed by atoms with Crippen LogP contribution in [0.2, 0.25) is 49.3 Å². The van der Waals surface area contributed by atoms with E-state index >= 15 is 0 Å². The number of cyclic esters (lactones) is 1. The van der Waals surface area contributed by atoms with Crippen LogP contribution in [0, 0.1) is 5.92 Å². The van der Waals surface area contributed by atoms with Gasteiger partial charge in [0.05, 0.1) is 25.9 Å². The van der Waals surface area contributed by atoms with Gasteiger partial charge < -0.3 is 53.0 Å². The maximum atomic E-state index is 12.3. The maximum Gasteiger partial charge on any atom is 0.337 e. The SMILES string of the molecule is CCOc1ccc(Cc2cc(Br)ccc2Cl)cc1.CCOc1ccc(Cc2cc(C3(OC)O[C@H](CO)[C@@H](O)[C@H](O)[C@H]3O)ccc2Cl)cc1.CC[C@H]1OC(=O)[C@H](O[Si](C)(C)C)[C@@H](O[Si](C)(C)C)[C@@H]1C. The van der Waals surface area contributed by atoms with Crippen molar-refractivity contribution in [2.24, 2.45) is 5.92 Å². The van der Waals surface area contributed by atoms with Gasteiger partial charge in [-0.05, 0) is 149 Å². The van der Waals surface area contributed by atoms with Crippen molar-refractivity contribution in [1.29, 1.82) is 0 Å². The highest BCUT2D eigenvalue weighted by Gasteiger charge is 2.55. The van der Waals surface area contributed by atoms with Gasteiger partial charge in [0.2, 0.25) is 5.79 Å². The number of esters is 1. The fraction of sp³-hybridized carbons (Fsp3) is 0.510. The Kier molecular flexibility index (Phi) is 22.1. The number of aliphatic hydroxyl groups is 4. The van der Waals surface area contributed by atoms with E-state index in [0.717, 1.165) is 50.5 Å². The second-order valence-corrected chi connectivity index (χ2v) is 29.4. The van der Waals surface area contributed by atoms with E-state index < -0.39 is 59.5 Å². The smallest absolute Gasteiger partial charge is 0.337 e. The van der Waals surface area contributed by atoms with E-state index in [1.165, 1.54) is 12.7 Å². The molecule has 0 saturated carbocycles. The highest BCUT2D eigenvalue weighted by atomic mass is 79.9. The molecular weight excluding hydrogens is 1010 g/mol. The number of hydrogen-bond donors (Lipinski definition) is 4. The summed E-state index contributed by atoms with van der Waals surface area (Å²) in [5.74, 6) is -0.168. The molecule has 4 aromatic rings. The Morgan fingerprint density at radius 3 is 1.66 bits per heavy atom. The number of methoxy groups -OCH3 is 1. The van der Waals surface area contributed by atoms with E-state index in [9.17, 15) is 25.2 Å². The van der Waals surface area contributed by atoms with Crippen molar-refractivity contribution in [2.45, 2.75) is 135 Å². The molecule has 0 spiro atoms.